The van der Waals surface area contributed by atoms with E-state index in [2.05, 4.69) is 36.8 Å². The molecule has 0 fully saturated rings. The molecule has 0 amide bonds. The number of aromatic nitrogens is 4. The lowest BCUT2D eigenvalue weighted by molar-refractivity contribution is 0.629. The number of hydrogen-bond donors (Lipinski definition) is 1. The van der Waals surface area contributed by atoms with E-state index in [4.69, 9.17) is 0 Å². The van der Waals surface area contributed by atoms with Gasteiger partial charge in [-0.2, -0.15) is 0 Å². The molecule has 5 nitrogen and oxygen atoms in total. The molecule has 0 aliphatic carbocycles. The van der Waals surface area contributed by atoms with Gasteiger partial charge < -0.3 is 5.32 Å². The fourth-order valence-electron chi connectivity index (χ4n) is 1.70. The molecule has 0 aliphatic heterocycles. The van der Waals surface area contributed by atoms with Crippen LogP contribution in [0.5, 0.6) is 0 Å². The highest BCUT2D eigenvalue weighted by molar-refractivity contribution is 9.10. The van der Waals surface area contributed by atoms with Gasteiger partial charge >= 0.3 is 0 Å². The van der Waals surface area contributed by atoms with Crippen LogP contribution < -0.4 is 5.32 Å². The Balaban J connectivity index is 1.80. The predicted molar refractivity (Wildman–Crippen MR) is 78.5 cm³/mol. The molecule has 1 N–H and O–H groups in total. The lowest BCUT2D eigenvalue weighted by Gasteiger charge is -2.08. The maximum absolute atomic E-state index is 13.8. The summed E-state index contributed by atoms with van der Waals surface area (Å²) in [6, 6.07) is 6.69. The van der Waals surface area contributed by atoms with Crippen molar-refractivity contribution >= 4 is 33.0 Å². The van der Waals surface area contributed by atoms with E-state index in [0.29, 0.717) is 17.9 Å². The summed E-state index contributed by atoms with van der Waals surface area (Å²) in [6.45, 7) is 0.562. The molecule has 0 saturated heterocycles. The van der Waals surface area contributed by atoms with Crippen LogP contribution in [0.1, 0.15) is 4.88 Å². The summed E-state index contributed by atoms with van der Waals surface area (Å²) in [5.41, 5.74) is 1.12. The number of hydrogen-bond acceptors (Lipinski definition) is 5. The lowest BCUT2D eigenvalue weighted by Crippen LogP contribution is -2.02. The van der Waals surface area contributed by atoms with Gasteiger partial charge in [-0.15, -0.1) is 16.4 Å². The van der Waals surface area contributed by atoms with Crippen LogP contribution in [0.15, 0.2) is 40.4 Å². The van der Waals surface area contributed by atoms with Gasteiger partial charge in [-0.1, -0.05) is 0 Å². The van der Waals surface area contributed by atoms with Crippen molar-refractivity contribution in [2.45, 2.75) is 6.54 Å². The minimum atomic E-state index is -0.308. The number of tetrazole rings is 1. The quantitative estimate of drug-likeness (QED) is 0.782. The molecule has 3 aromatic rings. The van der Waals surface area contributed by atoms with Crippen molar-refractivity contribution in [2.24, 2.45) is 0 Å². The van der Waals surface area contributed by atoms with Crippen LogP contribution in [0.25, 0.3) is 5.69 Å². The molecule has 0 unspecified atom stereocenters. The van der Waals surface area contributed by atoms with Gasteiger partial charge in [-0.05, 0) is 50.6 Å². The molecule has 0 spiro atoms. The zero-order valence-corrected chi connectivity index (χ0v) is 12.5. The van der Waals surface area contributed by atoms with Gasteiger partial charge in [0.25, 0.3) is 0 Å². The van der Waals surface area contributed by atoms with Crippen LogP contribution >= 0.6 is 27.3 Å². The van der Waals surface area contributed by atoms with Crippen molar-refractivity contribution in [1.82, 2.24) is 20.2 Å². The van der Waals surface area contributed by atoms with E-state index in [-0.39, 0.29) is 5.82 Å². The molecule has 2 aromatic heterocycles. The summed E-state index contributed by atoms with van der Waals surface area (Å²) >= 11 is 5.00. The molecule has 0 radical (unpaired) electrons. The van der Waals surface area contributed by atoms with E-state index < -0.39 is 0 Å². The molecular weight excluding hydrogens is 345 g/mol. The molecule has 0 aliphatic rings. The van der Waals surface area contributed by atoms with E-state index in [0.717, 1.165) is 9.35 Å². The highest BCUT2D eigenvalue weighted by atomic mass is 79.9. The SMILES string of the molecule is Fc1ccc(-n2cnnn2)cc1NCc1cc(Br)cs1. The molecule has 20 heavy (non-hydrogen) atoms. The van der Waals surface area contributed by atoms with Crippen molar-refractivity contribution in [3.05, 3.63) is 51.1 Å². The standard InChI is InChI=1S/C12H9BrFN5S/c13-8-3-10(20-6-8)5-15-12-4-9(1-2-11(12)14)19-7-16-17-18-19/h1-4,6-7,15H,5H2. The van der Waals surface area contributed by atoms with Crippen LogP contribution in [0.4, 0.5) is 10.1 Å². The van der Waals surface area contributed by atoms with E-state index in [9.17, 15) is 4.39 Å². The van der Waals surface area contributed by atoms with Gasteiger partial charge in [0.05, 0.1) is 11.4 Å². The molecule has 0 atom stereocenters. The number of benzene rings is 1. The highest BCUT2D eigenvalue weighted by Gasteiger charge is 2.06. The minimum absolute atomic E-state index is 0.308. The average molecular weight is 354 g/mol. The molecule has 0 saturated carbocycles. The molecule has 2 heterocycles. The monoisotopic (exact) mass is 353 g/mol. The second-order valence-electron chi connectivity index (χ2n) is 4.00. The van der Waals surface area contributed by atoms with Crippen LogP contribution in [0.3, 0.4) is 0 Å². The summed E-state index contributed by atoms with van der Waals surface area (Å²) < 4.78 is 16.3. The van der Waals surface area contributed by atoms with Crippen molar-refractivity contribution in [3.8, 4) is 5.69 Å². The number of anilines is 1. The van der Waals surface area contributed by atoms with E-state index >= 15 is 0 Å². The average Bonchev–Trinajstić information content (AvgIpc) is 3.09. The third-order valence-corrected chi connectivity index (χ3v) is 4.34. The summed E-state index contributed by atoms with van der Waals surface area (Å²) in [5, 5.41) is 16.0. The van der Waals surface area contributed by atoms with Gasteiger partial charge in [0.15, 0.2) is 0 Å². The van der Waals surface area contributed by atoms with E-state index in [1.807, 2.05) is 11.4 Å². The highest BCUT2D eigenvalue weighted by Crippen LogP contribution is 2.23. The lowest BCUT2D eigenvalue weighted by atomic mass is 10.2. The second kappa shape index (κ2) is 5.68. The zero-order valence-electron chi connectivity index (χ0n) is 10.1. The fourth-order valence-corrected chi connectivity index (χ4v) is 3.09. The Bertz CT molecular complexity index is 712. The zero-order chi connectivity index (χ0) is 13.9. The van der Waals surface area contributed by atoms with Crippen molar-refractivity contribution in [1.29, 1.82) is 0 Å². The van der Waals surface area contributed by atoms with Crippen LogP contribution in [0, 0.1) is 5.82 Å². The van der Waals surface area contributed by atoms with Gasteiger partial charge in [-0.25, -0.2) is 9.07 Å². The Hall–Kier alpha value is -1.80. The molecule has 102 valence electrons. The Morgan fingerprint density at radius 1 is 1.35 bits per heavy atom. The predicted octanol–water partition coefficient (Wildman–Crippen LogP) is 3.24. The van der Waals surface area contributed by atoms with Crippen LogP contribution in [0.2, 0.25) is 0 Å². The first-order valence-corrected chi connectivity index (χ1v) is 7.39. The van der Waals surface area contributed by atoms with Crippen molar-refractivity contribution in [3.63, 3.8) is 0 Å². The van der Waals surface area contributed by atoms with E-state index in [1.54, 1.807) is 23.5 Å². The largest absolute Gasteiger partial charge is 0.378 e. The first kappa shape index (κ1) is 13.2. The third-order valence-electron chi connectivity index (χ3n) is 2.64. The summed E-state index contributed by atoms with van der Waals surface area (Å²) in [4.78, 5) is 1.11. The number of thiophene rings is 1. The Morgan fingerprint density at radius 3 is 2.95 bits per heavy atom. The smallest absolute Gasteiger partial charge is 0.146 e. The van der Waals surface area contributed by atoms with Gasteiger partial charge in [0.1, 0.15) is 12.1 Å². The van der Waals surface area contributed by atoms with Gasteiger partial charge in [0, 0.05) is 21.3 Å². The minimum Gasteiger partial charge on any atom is -0.378 e. The molecule has 0 bridgehead atoms. The van der Waals surface area contributed by atoms with Crippen LogP contribution in [-0.2, 0) is 6.54 Å². The summed E-state index contributed by atoms with van der Waals surface area (Å²) in [7, 11) is 0. The second-order valence-corrected chi connectivity index (χ2v) is 5.91. The van der Waals surface area contributed by atoms with Crippen molar-refractivity contribution < 1.29 is 4.39 Å². The molecule has 8 heteroatoms. The number of nitrogens with one attached hydrogen (secondary N) is 1. The first-order valence-electron chi connectivity index (χ1n) is 5.72. The number of halogens is 2. The van der Waals surface area contributed by atoms with E-state index in [1.165, 1.54) is 17.1 Å². The number of rotatable bonds is 4. The molecule has 3 rings (SSSR count). The Kier molecular flexibility index (Phi) is 3.75. The molecule has 1 aromatic carbocycles. The topological polar surface area (TPSA) is 55.6 Å². The number of nitrogens with zero attached hydrogens (tertiary/aromatic N) is 4. The maximum Gasteiger partial charge on any atom is 0.146 e. The first-order chi connectivity index (χ1) is 9.72. The Morgan fingerprint density at radius 2 is 2.25 bits per heavy atom. The Labute approximate surface area is 126 Å². The fraction of sp³-hybridized carbons (Fsp3) is 0.0833. The molecular formula is C12H9BrFN5S. The normalized spacial score (nSPS) is 10.7. The van der Waals surface area contributed by atoms with Gasteiger partial charge in [-0.3, -0.25) is 0 Å². The third kappa shape index (κ3) is 2.86. The maximum atomic E-state index is 13.8. The summed E-state index contributed by atoms with van der Waals surface area (Å²) in [6.07, 6.45) is 1.47. The summed E-state index contributed by atoms with van der Waals surface area (Å²) in [5.74, 6) is -0.308. The van der Waals surface area contributed by atoms with Crippen molar-refractivity contribution in [2.75, 3.05) is 5.32 Å². The van der Waals surface area contributed by atoms with Crippen LogP contribution in [-0.4, -0.2) is 20.2 Å². The van der Waals surface area contributed by atoms with Gasteiger partial charge in [0.2, 0.25) is 0 Å².